The molecule has 2 nitrogen and oxygen atoms in total. The van der Waals surface area contributed by atoms with Gasteiger partial charge < -0.3 is 5.73 Å². The van der Waals surface area contributed by atoms with Crippen LogP contribution in [0.2, 0.25) is 0 Å². The molecular formula is C11H21NO. The minimum Gasteiger partial charge on any atom is -0.370 e. The second-order valence-corrected chi connectivity index (χ2v) is 3.34. The van der Waals surface area contributed by atoms with Gasteiger partial charge in [-0.15, -0.1) is 0 Å². The van der Waals surface area contributed by atoms with E-state index in [9.17, 15) is 4.79 Å². The molecule has 0 unspecified atom stereocenters. The predicted octanol–water partition coefficient (Wildman–Crippen LogP) is 2.78. The van der Waals surface area contributed by atoms with Crippen molar-refractivity contribution in [1.29, 1.82) is 0 Å². The van der Waals surface area contributed by atoms with E-state index >= 15 is 0 Å². The molecule has 0 aliphatic rings. The normalized spacial score (nSPS) is 10.8. The van der Waals surface area contributed by atoms with E-state index in [1.54, 1.807) is 0 Å². The van der Waals surface area contributed by atoms with Crippen molar-refractivity contribution in [2.45, 2.75) is 51.9 Å². The van der Waals surface area contributed by atoms with Crippen LogP contribution in [0.5, 0.6) is 0 Å². The van der Waals surface area contributed by atoms with Gasteiger partial charge in [-0.3, -0.25) is 4.79 Å². The summed E-state index contributed by atoms with van der Waals surface area (Å²) in [5, 5.41) is 0. The Kier molecular flexibility index (Phi) is 8.73. The molecule has 0 bridgehead atoms. The summed E-state index contributed by atoms with van der Waals surface area (Å²) in [7, 11) is 0. The number of unbranched alkanes of at least 4 members (excludes halogenated alkanes) is 5. The number of hydrogen-bond acceptors (Lipinski definition) is 1. The summed E-state index contributed by atoms with van der Waals surface area (Å²) in [6, 6.07) is 0. The molecule has 2 N–H and O–H groups in total. The molecular weight excluding hydrogens is 162 g/mol. The molecule has 1 amide bonds. The Morgan fingerprint density at radius 3 is 2.38 bits per heavy atom. The Labute approximate surface area is 81.2 Å². The van der Waals surface area contributed by atoms with Crippen molar-refractivity contribution in [1.82, 2.24) is 0 Å². The highest BCUT2D eigenvalue weighted by molar-refractivity contribution is 5.73. The van der Waals surface area contributed by atoms with Crippen LogP contribution in [0.4, 0.5) is 0 Å². The fourth-order valence-corrected chi connectivity index (χ4v) is 1.26. The fourth-order valence-electron chi connectivity index (χ4n) is 1.26. The fraction of sp³-hybridized carbons (Fsp3) is 0.727. The highest BCUT2D eigenvalue weighted by Gasteiger charge is 1.93. The maximum Gasteiger partial charge on any atom is 0.217 e. The highest BCUT2D eigenvalue weighted by atomic mass is 16.1. The number of carbonyl (C=O) groups excluding carboxylic acids is 1. The Morgan fingerprint density at radius 2 is 1.77 bits per heavy atom. The Morgan fingerprint density at radius 1 is 1.15 bits per heavy atom. The van der Waals surface area contributed by atoms with E-state index in [2.05, 4.69) is 12.2 Å². The molecule has 0 aromatic carbocycles. The van der Waals surface area contributed by atoms with Crippen LogP contribution in [0.25, 0.3) is 0 Å². The zero-order chi connectivity index (χ0) is 9.94. The lowest BCUT2D eigenvalue weighted by atomic mass is 10.1. The zero-order valence-corrected chi connectivity index (χ0v) is 8.59. The highest BCUT2D eigenvalue weighted by Crippen LogP contribution is 2.07. The quantitative estimate of drug-likeness (QED) is 0.456. The van der Waals surface area contributed by atoms with Crippen LogP contribution in [0.15, 0.2) is 12.2 Å². The predicted molar refractivity (Wildman–Crippen MR) is 56.3 cm³/mol. The number of allylic oxidation sites excluding steroid dienone is 2. The van der Waals surface area contributed by atoms with Gasteiger partial charge in [0.1, 0.15) is 0 Å². The van der Waals surface area contributed by atoms with E-state index in [-0.39, 0.29) is 5.91 Å². The van der Waals surface area contributed by atoms with Crippen molar-refractivity contribution in [2.75, 3.05) is 0 Å². The second-order valence-electron chi connectivity index (χ2n) is 3.34. The summed E-state index contributed by atoms with van der Waals surface area (Å²) in [5.74, 6) is -0.172. The van der Waals surface area contributed by atoms with Crippen molar-refractivity contribution < 1.29 is 4.79 Å². The first-order valence-electron chi connectivity index (χ1n) is 5.17. The Balaban J connectivity index is 2.95. The third-order valence-corrected chi connectivity index (χ3v) is 2.03. The SMILES string of the molecule is C/C=C/CCCCCCCC(N)=O. The molecule has 0 rings (SSSR count). The Hall–Kier alpha value is -0.790. The molecule has 0 spiro atoms. The number of primary amides is 1. The maximum absolute atomic E-state index is 10.4. The minimum absolute atomic E-state index is 0.172. The van der Waals surface area contributed by atoms with Crippen molar-refractivity contribution in [3.63, 3.8) is 0 Å². The standard InChI is InChI=1S/C11H21NO/c1-2-3-4-5-6-7-8-9-10-11(12)13/h2-3H,4-10H2,1H3,(H2,12,13)/b3-2+. The third kappa shape index (κ3) is 11.2. The topological polar surface area (TPSA) is 43.1 Å². The maximum atomic E-state index is 10.4. The van der Waals surface area contributed by atoms with Crippen LogP contribution in [0.1, 0.15) is 51.9 Å². The first kappa shape index (κ1) is 12.2. The summed E-state index contributed by atoms with van der Waals surface area (Å²) < 4.78 is 0. The second kappa shape index (κ2) is 9.30. The molecule has 0 saturated heterocycles. The molecule has 76 valence electrons. The smallest absolute Gasteiger partial charge is 0.217 e. The molecule has 0 aromatic rings. The van der Waals surface area contributed by atoms with Gasteiger partial charge in [0, 0.05) is 6.42 Å². The van der Waals surface area contributed by atoms with Crippen LogP contribution in [0, 0.1) is 0 Å². The van der Waals surface area contributed by atoms with Crippen molar-refractivity contribution in [2.24, 2.45) is 5.73 Å². The molecule has 0 aliphatic heterocycles. The van der Waals surface area contributed by atoms with Gasteiger partial charge in [0.05, 0.1) is 0 Å². The monoisotopic (exact) mass is 183 g/mol. The number of amides is 1. The van der Waals surface area contributed by atoms with E-state index in [0.29, 0.717) is 6.42 Å². The molecule has 0 saturated carbocycles. The van der Waals surface area contributed by atoms with Gasteiger partial charge in [0.2, 0.25) is 5.91 Å². The first-order valence-corrected chi connectivity index (χ1v) is 5.17. The van der Waals surface area contributed by atoms with Crippen LogP contribution < -0.4 is 5.73 Å². The third-order valence-electron chi connectivity index (χ3n) is 2.03. The lowest BCUT2D eigenvalue weighted by Crippen LogP contribution is -2.09. The van der Waals surface area contributed by atoms with Gasteiger partial charge in [0.15, 0.2) is 0 Å². The van der Waals surface area contributed by atoms with E-state index in [4.69, 9.17) is 5.73 Å². The van der Waals surface area contributed by atoms with Gasteiger partial charge in [0.25, 0.3) is 0 Å². The van der Waals surface area contributed by atoms with Crippen molar-refractivity contribution in [3.05, 3.63) is 12.2 Å². The molecule has 2 heteroatoms. The number of rotatable bonds is 8. The average Bonchev–Trinajstić information content (AvgIpc) is 2.09. The molecule has 0 aromatic heterocycles. The van der Waals surface area contributed by atoms with E-state index in [0.717, 1.165) is 12.8 Å². The van der Waals surface area contributed by atoms with Gasteiger partial charge in [-0.25, -0.2) is 0 Å². The zero-order valence-electron chi connectivity index (χ0n) is 8.59. The lowest BCUT2D eigenvalue weighted by Gasteiger charge is -1.98. The van der Waals surface area contributed by atoms with Crippen LogP contribution in [-0.4, -0.2) is 5.91 Å². The van der Waals surface area contributed by atoms with Crippen molar-refractivity contribution in [3.8, 4) is 0 Å². The molecule has 0 atom stereocenters. The molecule has 0 heterocycles. The number of carbonyl (C=O) groups is 1. The molecule has 13 heavy (non-hydrogen) atoms. The summed E-state index contributed by atoms with van der Waals surface area (Å²) in [6.07, 6.45) is 11.9. The average molecular weight is 183 g/mol. The van der Waals surface area contributed by atoms with E-state index in [1.807, 2.05) is 6.92 Å². The van der Waals surface area contributed by atoms with Crippen LogP contribution >= 0.6 is 0 Å². The van der Waals surface area contributed by atoms with E-state index < -0.39 is 0 Å². The summed E-state index contributed by atoms with van der Waals surface area (Å²) >= 11 is 0. The summed E-state index contributed by atoms with van der Waals surface area (Å²) in [4.78, 5) is 10.4. The molecule has 0 fully saturated rings. The molecule has 0 radical (unpaired) electrons. The lowest BCUT2D eigenvalue weighted by molar-refractivity contribution is -0.118. The number of nitrogens with two attached hydrogens (primary N) is 1. The first-order chi connectivity index (χ1) is 6.27. The van der Waals surface area contributed by atoms with Gasteiger partial charge in [-0.05, 0) is 26.2 Å². The molecule has 0 aliphatic carbocycles. The Bertz CT molecular complexity index is 152. The van der Waals surface area contributed by atoms with Gasteiger partial charge in [-0.2, -0.15) is 0 Å². The van der Waals surface area contributed by atoms with Gasteiger partial charge >= 0.3 is 0 Å². The van der Waals surface area contributed by atoms with Crippen molar-refractivity contribution >= 4 is 5.91 Å². The largest absolute Gasteiger partial charge is 0.370 e. The number of hydrogen-bond donors (Lipinski definition) is 1. The summed E-state index contributed by atoms with van der Waals surface area (Å²) in [5.41, 5.74) is 5.02. The summed E-state index contributed by atoms with van der Waals surface area (Å²) in [6.45, 7) is 2.05. The van der Waals surface area contributed by atoms with Crippen LogP contribution in [0.3, 0.4) is 0 Å². The minimum atomic E-state index is -0.172. The van der Waals surface area contributed by atoms with Crippen LogP contribution in [-0.2, 0) is 4.79 Å². The van der Waals surface area contributed by atoms with E-state index in [1.165, 1.54) is 25.7 Å². The van der Waals surface area contributed by atoms with Gasteiger partial charge in [-0.1, -0.05) is 31.4 Å².